The summed E-state index contributed by atoms with van der Waals surface area (Å²) in [6.45, 7) is 12.3. The first-order valence-electron chi connectivity index (χ1n) is 8.53. The molecule has 2 aliphatic heterocycles. The third kappa shape index (κ3) is 4.73. The number of hydrogen-bond donors (Lipinski definition) is 1. The SMILES string of the molecule is CCCCN(CC1CCCN1)C1CCN(CC)CC1. The van der Waals surface area contributed by atoms with Crippen LogP contribution in [0.25, 0.3) is 0 Å². The number of rotatable bonds is 7. The Kier molecular flexibility index (Phi) is 6.62. The third-order valence-corrected chi connectivity index (χ3v) is 4.94. The van der Waals surface area contributed by atoms with Crippen molar-refractivity contribution >= 4 is 0 Å². The van der Waals surface area contributed by atoms with Gasteiger partial charge in [0.05, 0.1) is 0 Å². The van der Waals surface area contributed by atoms with Crippen molar-refractivity contribution < 1.29 is 0 Å². The van der Waals surface area contributed by atoms with E-state index in [-0.39, 0.29) is 0 Å². The van der Waals surface area contributed by atoms with Gasteiger partial charge in [0.15, 0.2) is 0 Å². The molecular formula is C16H33N3. The Morgan fingerprint density at radius 3 is 2.53 bits per heavy atom. The lowest BCUT2D eigenvalue weighted by molar-refractivity contribution is 0.102. The molecule has 3 heteroatoms. The van der Waals surface area contributed by atoms with Gasteiger partial charge in [0.25, 0.3) is 0 Å². The fourth-order valence-electron chi connectivity index (χ4n) is 3.58. The van der Waals surface area contributed by atoms with E-state index < -0.39 is 0 Å². The maximum atomic E-state index is 3.67. The van der Waals surface area contributed by atoms with Crippen LogP contribution in [-0.4, -0.2) is 61.2 Å². The fraction of sp³-hybridized carbons (Fsp3) is 1.00. The van der Waals surface area contributed by atoms with Crippen LogP contribution < -0.4 is 5.32 Å². The molecule has 112 valence electrons. The zero-order chi connectivity index (χ0) is 13.5. The molecule has 1 unspecified atom stereocenters. The minimum atomic E-state index is 0.765. The number of piperidine rings is 1. The Bertz CT molecular complexity index is 230. The van der Waals surface area contributed by atoms with Crippen LogP contribution in [0.15, 0.2) is 0 Å². The fourth-order valence-corrected chi connectivity index (χ4v) is 3.58. The summed E-state index contributed by atoms with van der Waals surface area (Å²) >= 11 is 0. The number of nitrogens with zero attached hydrogens (tertiary/aromatic N) is 2. The molecule has 0 aromatic rings. The van der Waals surface area contributed by atoms with E-state index in [9.17, 15) is 0 Å². The molecule has 0 saturated carbocycles. The zero-order valence-corrected chi connectivity index (χ0v) is 13.0. The zero-order valence-electron chi connectivity index (χ0n) is 13.0. The van der Waals surface area contributed by atoms with Crippen molar-refractivity contribution in [1.82, 2.24) is 15.1 Å². The Balaban J connectivity index is 1.81. The quantitative estimate of drug-likeness (QED) is 0.764. The summed E-state index contributed by atoms with van der Waals surface area (Å²) in [6.07, 6.45) is 8.20. The lowest BCUT2D eigenvalue weighted by atomic mass is 10.0. The molecule has 0 bridgehead atoms. The molecule has 0 spiro atoms. The van der Waals surface area contributed by atoms with Gasteiger partial charge in [0.1, 0.15) is 0 Å². The predicted molar refractivity (Wildman–Crippen MR) is 82.6 cm³/mol. The molecule has 0 aromatic heterocycles. The van der Waals surface area contributed by atoms with Crippen molar-refractivity contribution in [2.45, 2.75) is 64.5 Å². The number of nitrogens with one attached hydrogen (secondary N) is 1. The molecular weight excluding hydrogens is 234 g/mol. The van der Waals surface area contributed by atoms with E-state index in [1.165, 1.54) is 77.8 Å². The summed E-state index contributed by atoms with van der Waals surface area (Å²) in [5, 5.41) is 3.67. The maximum Gasteiger partial charge on any atom is 0.0195 e. The van der Waals surface area contributed by atoms with Gasteiger partial charge in [-0.15, -0.1) is 0 Å². The first-order chi connectivity index (χ1) is 9.33. The third-order valence-electron chi connectivity index (χ3n) is 4.94. The topological polar surface area (TPSA) is 18.5 Å². The summed E-state index contributed by atoms with van der Waals surface area (Å²) < 4.78 is 0. The normalized spacial score (nSPS) is 26.4. The lowest BCUT2D eigenvalue weighted by Gasteiger charge is -2.39. The van der Waals surface area contributed by atoms with Crippen LogP contribution in [0.1, 0.15) is 52.4 Å². The van der Waals surface area contributed by atoms with Crippen molar-refractivity contribution in [2.24, 2.45) is 0 Å². The van der Waals surface area contributed by atoms with Gasteiger partial charge in [-0.25, -0.2) is 0 Å². The Morgan fingerprint density at radius 2 is 1.95 bits per heavy atom. The van der Waals surface area contributed by atoms with E-state index in [1.807, 2.05) is 0 Å². The highest BCUT2D eigenvalue weighted by atomic mass is 15.2. The second kappa shape index (κ2) is 8.23. The van der Waals surface area contributed by atoms with Crippen LogP contribution in [-0.2, 0) is 0 Å². The molecule has 2 aliphatic rings. The van der Waals surface area contributed by atoms with Crippen molar-refractivity contribution in [3.8, 4) is 0 Å². The second-order valence-corrected chi connectivity index (χ2v) is 6.31. The summed E-state index contributed by atoms with van der Waals surface area (Å²) in [5.74, 6) is 0. The Hall–Kier alpha value is -0.120. The Morgan fingerprint density at radius 1 is 1.16 bits per heavy atom. The van der Waals surface area contributed by atoms with Crippen molar-refractivity contribution in [1.29, 1.82) is 0 Å². The standard InChI is InChI=1S/C16H33N3/c1-3-5-11-19(14-15-7-6-10-17-15)16-8-12-18(4-2)13-9-16/h15-17H,3-14H2,1-2H3. The van der Waals surface area contributed by atoms with Gasteiger partial charge in [-0.1, -0.05) is 20.3 Å². The van der Waals surface area contributed by atoms with Gasteiger partial charge in [-0.3, -0.25) is 4.90 Å². The smallest absolute Gasteiger partial charge is 0.0195 e. The second-order valence-electron chi connectivity index (χ2n) is 6.31. The van der Waals surface area contributed by atoms with Gasteiger partial charge in [-0.05, 0) is 64.8 Å². The van der Waals surface area contributed by atoms with Gasteiger partial charge < -0.3 is 10.2 Å². The van der Waals surface area contributed by atoms with Crippen LogP contribution in [0, 0.1) is 0 Å². The van der Waals surface area contributed by atoms with E-state index in [0.29, 0.717) is 0 Å². The number of unbranched alkanes of at least 4 members (excludes halogenated alkanes) is 1. The Labute approximate surface area is 119 Å². The molecule has 2 saturated heterocycles. The molecule has 1 N–H and O–H groups in total. The van der Waals surface area contributed by atoms with E-state index in [1.54, 1.807) is 0 Å². The summed E-state index contributed by atoms with van der Waals surface area (Å²) in [4.78, 5) is 5.40. The molecule has 2 fully saturated rings. The number of hydrogen-bond acceptors (Lipinski definition) is 3. The van der Waals surface area contributed by atoms with E-state index in [2.05, 4.69) is 29.0 Å². The first kappa shape index (κ1) is 15.3. The minimum Gasteiger partial charge on any atom is -0.313 e. The minimum absolute atomic E-state index is 0.765. The lowest BCUT2D eigenvalue weighted by Crippen LogP contribution is -2.48. The monoisotopic (exact) mass is 267 g/mol. The molecule has 0 aromatic carbocycles. The average Bonchev–Trinajstić information content (AvgIpc) is 2.96. The average molecular weight is 267 g/mol. The van der Waals surface area contributed by atoms with Gasteiger partial charge in [-0.2, -0.15) is 0 Å². The van der Waals surface area contributed by atoms with Gasteiger partial charge in [0, 0.05) is 18.6 Å². The molecule has 1 atom stereocenters. The van der Waals surface area contributed by atoms with Gasteiger partial charge in [0.2, 0.25) is 0 Å². The van der Waals surface area contributed by atoms with E-state index >= 15 is 0 Å². The highest BCUT2D eigenvalue weighted by Gasteiger charge is 2.26. The number of likely N-dealkylation sites (tertiary alicyclic amines) is 1. The van der Waals surface area contributed by atoms with Crippen LogP contribution in [0.2, 0.25) is 0 Å². The molecule has 0 radical (unpaired) electrons. The van der Waals surface area contributed by atoms with Crippen LogP contribution >= 0.6 is 0 Å². The molecule has 0 aliphatic carbocycles. The summed E-state index contributed by atoms with van der Waals surface area (Å²) in [6, 6.07) is 1.61. The van der Waals surface area contributed by atoms with Crippen LogP contribution in [0.3, 0.4) is 0 Å². The van der Waals surface area contributed by atoms with Crippen molar-refractivity contribution in [2.75, 3.05) is 39.3 Å². The largest absolute Gasteiger partial charge is 0.313 e. The summed E-state index contributed by atoms with van der Waals surface area (Å²) in [5.41, 5.74) is 0. The highest BCUT2D eigenvalue weighted by Crippen LogP contribution is 2.19. The van der Waals surface area contributed by atoms with E-state index in [0.717, 1.165) is 12.1 Å². The van der Waals surface area contributed by atoms with Crippen molar-refractivity contribution in [3.63, 3.8) is 0 Å². The van der Waals surface area contributed by atoms with Crippen LogP contribution in [0.5, 0.6) is 0 Å². The molecule has 3 nitrogen and oxygen atoms in total. The molecule has 0 amide bonds. The van der Waals surface area contributed by atoms with Gasteiger partial charge >= 0.3 is 0 Å². The first-order valence-corrected chi connectivity index (χ1v) is 8.53. The molecule has 2 heterocycles. The summed E-state index contributed by atoms with van der Waals surface area (Å²) in [7, 11) is 0. The highest BCUT2D eigenvalue weighted by molar-refractivity contribution is 4.84. The van der Waals surface area contributed by atoms with Crippen LogP contribution in [0.4, 0.5) is 0 Å². The van der Waals surface area contributed by atoms with E-state index in [4.69, 9.17) is 0 Å². The molecule has 2 rings (SSSR count). The predicted octanol–water partition coefficient (Wildman–Crippen LogP) is 2.32. The maximum absolute atomic E-state index is 3.67. The molecule has 19 heavy (non-hydrogen) atoms. The van der Waals surface area contributed by atoms with Crippen molar-refractivity contribution in [3.05, 3.63) is 0 Å².